The number of rotatable bonds is 14. The number of amides is 5. The number of aliphatic hydroxyl groups is 3. The molecule has 0 aromatic rings. The molecule has 0 saturated heterocycles. The van der Waals surface area contributed by atoms with Gasteiger partial charge in [-0.25, -0.2) is 4.79 Å². The van der Waals surface area contributed by atoms with E-state index in [4.69, 9.17) is 15.9 Å². The molecule has 0 rings (SSSR count). The van der Waals surface area contributed by atoms with Crippen molar-refractivity contribution in [3.8, 4) is 0 Å². The number of carboxylic acid groups (broad SMARTS) is 1. The monoisotopic (exact) mass is 450 g/mol. The van der Waals surface area contributed by atoms with Crippen molar-refractivity contribution >= 4 is 35.5 Å². The van der Waals surface area contributed by atoms with E-state index >= 15 is 0 Å². The Bertz CT molecular complexity index is 673. The van der Waals surface area contributed by atoms with Crippen molar-refractivity contribution in [2.45, 2.75) is 18.1 Å². The summed E-state index contributed by atoms with van der Waals surface area (Å²) in [6.45, 7) is -4.28. The van der Waals surface area contributed by atoms with Crippen molar-refractivity contribution in [1.82, 2.24) is 26.6 Å². The summed E-state index contributed by atoms with van der Waals surface area (Å²) in [5, 5.41) is 46.3. The van der Waals surface area contributed by atoms with E-state index in [2.05, 4.69) is 10.6 Å². The van der Waals surface area contributed by atoms with Crippen LogP contribution < -0.4 is 32.3 Å². The summed E-state index contributed by atoms with van der Waals surface area (Å²) in [5.41, 5.74) is 5.05. The van der Waals surface area contributed by atoms with Gasteiger partial charge in [0.15, 0.2) is 0 Å². The fraction of sp³-hybridized carbons (Fsp3) is 0.600. The lowest BCUT2D eigenvalue weighted by molar-refractivity contribution is -0.142. The number of aliphatic carboxylic acids is 1. The summed E-state index contributed by atoms with van der Waals surface area (Å²) in [6.07, 6.45) is 0. The summed E-state index contributed by atoms with van der Waals surface area (Å²) < 4.78 is 0. The summed E-state index contributed by atoms with van der Waals surface area (Å²) in [6, 6.07) is -4.68. The van der Waals surface area contributed by atoms with Crippen LogP contribution in [0.3, 0.4) is 0 Å². The Morgan fingerprint density at radius 3 is 1.55 bits per heavy atom. The average molecular weight is 450 g/mol. The van der Waals surface area contributed by atoms with E-state index in [9.17, 15) is 39.0 Å². The topological polar surface area (TPSA) is 270 Å². The molecule has 0 saturated carbocycles. The van der Waals surface area contributed by atoms with Gasteiger partial charge in [0.25, 0.3) is 0 Å². The van der Waals surface area contributed by atoms with Crippen molar-refractivity contribution in [2.24, 2.45) is 5.73 Å². The Hall–Kier alpha value is -3.34. The lowest BCUT2D eigenvalue weighted by Crippen LogP contribution is -2.57. The molecule has 0 radical (unpaired) electrons. The van der Waals surface area contributed by atoms with Crippen LogP contribution in [0.25, 0.3) is 0 Å². The van der Waals surface area contributed by atoms with E-state index in [-0.39, 0.29) is 6.54 Å². The number of hydrogen-bond acceptors (Lipinski definition) is 10. The summed E-state index contributed by atoms with van der Waals surface area (Å²) >= 11 is 0. The van der Waals surface area contributed by atoms with Crippen LogP contribution in [-0.4, -0.2) is 114 Å². The molecule has 11 N–H and O–H groups in total. The molecule has 16 heteroatoms. The van der Waals surface area contributed by atoms with E-state index in [0.29, 0.717) is 0 Å². The zero-order valence-electron chi connectivity index (χ0n) is 16.3. The molecule has 0 spiro atoms. The second kappa shape index (κ2) is 14.6. The van der Waals surface area contributed by atoms with E-state index in [0.717, 1.165) is 0 Å². The van der Waals surface area contributed by atoms with Gasteiger partial charge in [0, 0.05) is 0 Å². The molecule has 5 amide bonds. The summed E-state index contributed by atoms with van der Waals surface area (Å²) in [4.78, 5) is 69.1. The first-order valence-electron chi connectivity index (χ1n) is 8.78. The Morgan fingerprint density at radius 2 is 1.10 bits per heavy atom. The maximum atomic E-state index is 12.1. The highest BCUT2D eigenvalue weighted by atomic mass is 16.4. The number of aliphatic hydroxyl groups excluding tert-OH is 3. The molecule has 0 aliphatic carbocycles. The summed E-state index contributed by atoms with van der Waals surface area (Å²) in [5.74, 6) is -6.00. The molecule has 0 aromatic heterocycles. The minimum Gasteiger partial charge on any atom is -0.480 e. The van der Waals surface area contributed by atoms with Crippen molar-refractivity contribution in [3.63, 3.8) is 0 Å². The maximum Gasteiger partial charge on any atom is 0.328 e. The van der Waals surface area contributed by atoms with Gasteiger partial charge < -0.3 is 52.7 Å². The molecule has 16 nitrogen and oxygen atoms in total. The highest BCUT2D eigenvalue weighted by Crippen LogP contribution is 1.90. The van der Waals surface area contributed by atoms with Crippen LogP contribution in [0.2, 0.25) is 0 Å². The molecule has 176 valence electrons. The van der Waals surface area contributed by atoms with Crippen molar-refractivity contribution in [1.29, 1.82) is 0 Å². The highest BCUT2D eigenvalue weighted by Gasteiger charge is 2.26. The second-order valence-electron chi connectivity index (χ2n) is 5.89. The minimum atomic E-state index is -1.58. The van der Waals surface area contributed by atoms with Crippen LogP contribution in [0.1, 0.15) is 0 Å². The number of carbonyl (C=O) groups excluding carboxylic acids is 5. The molecular formula is C15H26N6O10. The molecule has 0 bridgehead atoms. The fourth-order valence-corrected chi connectivity index (χ4v) is 1.88. The van der Waals surface area contributed by atoms with Crippen LogP contribution >= 0.6 is 0 Å². The van der Waals surface area contributed by atoms with Gasteiger partial charge in [0.05, 0.1) is 39.5 Å². The first kappa shape index (κ1) is 27.7. The Morgan fingerprint density at radius 1 is 0.645 bits per heavy atom. The highest BCUT2D eigenvalue weighted by molar-refractivity contribution is 5.94. The molecular weight excluding hydrogens is 424 g/mol. The molecule has 0 heterocycles. The van der Waals surface area contributed by atoms with Gasteiger partial charge >= 0.3 is 5.97 Å². The average Bonchev–Trinajstić information content (AvgIpc) is 2.75. The van der Waals surface area contributed by atoms with E-state index in [1.165, 1.54) is 0 Å². The zero-order chi connectivity index (χ0) is 24.0. The van der Waals surface area contributed by atoms with Gasteiger partial charge in [-0.1, -0.05) is 0 Å². The van der Waals surface area contributed by atoms with Crippen LogP contribution in [0.4, 0.5) is 0 Å². The Kier molecular flexibility index (Phi) is 13.0. The predicted octanol–water partition coefficient (Wildman–Crippen LogP) is -7.31. The van der Waals surface area contributed by atoms with Crippen molar-refractivity contribution < 1.29 is 49.2 Å². The molecule has 0 aromatic carbocycles. The number of carbonyl (C=O) groups is 6. The van der Waals surface area contributed by atoms with Crippen LogP contribution in [-0.2, 0) is 28.8 Å². The van der Waals surface area contributed by atoms with E-state index in [1.807, 2.05) is 16.0 Å². The van der Waals surface area contributed by atoms with Crippen molar-refractivity contribution in [3.05, 3.63) is 0 Å². The lowest BCUT2D eigenvalue weighted by atomic mass is 10.2. The van der Waals surface area contributed by atoms with Gasteiger partial charge in [-0.15, -0.1) is 0 Å². The normalized spacial score (nSPS) is 13.2. The van der Waals surface area contributed by atoms with Gasteiger partial charge in [-0.3, -0.25) is 24.0 Å². The third-order valence-electron chi connectivity index (χ3n) is 3.52. The third-order valence-corrected chi connectivity index (χ3v) is 3.52. The first-order chi connectivity index (χ1) is 14.6. The fourth-order valence-electron chi connectivity index (χ4n) is 1.88. The standard InChI is InChI=1S/C15H26N6O10/c16-1-10(25)17-2-11(26)19-8(5-23)14(29)21-7(4-22)13(28)18-3-12(27)20-9(6-24)15(30)31/h7-9,22-24H,1-6,16H2,(H,17,25)(H,18,28)(H,19,26)(H,20,27)(H,21,29)(H,30,31)/t7-,8-,9-/m0/s1. The summed E-state index contributed by atoms with van der Waals surface area (Å²) in [7, 11) is 0. The molecule has 0 aliphatic heterocycles. The number of hydrogen-bond donors (Lipinski definition) is 10. The smallest absolute Gasteiger partial charge is 0.328 e. The predicted molar refractivity (Wildman–Crippen MR) is 99.8 cm³/mol. The maximum absolute atomic E-state index is 12.1. The molecule has 0 fully saturated rings. The third kappa shape index (κ3) is 10.8. The van der Waals surface area contributed by atoms with Gasteiger partial charge in [-0.2, -0.15) is 0 Å². The number of carboxylic acids is 1. The van der Waals surface area contributed by atoms with Crippen LogP contribution in [0.15, 0.2) is 0 Å². The molecule has 0 aliphatic rings. The van der Waals surface area contributed by atoms with Crippen molar-refractivity contribution in [2.75, 3.05) is 39.5 Å². The Balaban J connectivity index is 4.68. The van der Waals surface area contributed by atoms with Crippen LogP contribution in [0.5, 0.6) is 0 Å². The Labute approximate surface area is 175 Å². The molecule has 3 atom stereocenters. The largest absolute Gasteiger partial charge is 0.480 e. The van der Waals surface area contributed by atoms with Gasteiger partial charge in [0.1, 0.15) is 18.1 Å². The lowest BCUT2D eigenvalue weighted by Gasteiger charge is -2.21. The van der Waals surface area contributed by atoms with E-state index in [1.54, 1.807) is 0 Å². The second-order valence-corrected chi connectivity index (χ2v) is 5.89. The van der Waals surface area contributed by atoms with E-state index < -0.39 is 86.5 Å². The number of nitrogens with two attached hydrogens (primary N) is 1. The van der Waals surface area contributed by atoms with Gasteiger partial charge in [-0.05, 0) is 0 Å². The first-order valence-corrected chi connectivity index (χ1v) is 8.78. The SMILES string of the molecule is NCC(=O)NCC(=O)N[C@@H](CO)C(=O)N[C@@H](CO)C(=O)NCC(=O)N[C@@H](CO)C(=O)O. The zero-order valence-corrected chi connectivity index (χ0v) is 16.3. The number of nitrogens with one attached hydrogen (secondary N) is 5. The quantitative estimate of drug-likeness (QED) is 0.119. The molecule has 0 unspecified atom stereocenters. The van der Waals surface area contributed by atoms with Gasteiger partial charge in [0.2, 0.25) is 29.5 Å². The van der Waals surface area contributed by atoms with Crippen LogP contribution in [0, 0.1) is 0 Å². The minimum absolute atomic E-state index is 0.362. The molecule has 31 heavy (non-hydrogen) atoms.